The van der Waals surface area contributed by atoms with Gasteiger partial charge < -0.3 is 24.6 Å². The first-order valence-corrected chi connectivity index (χ1v) is 13.4. The number of nitrogens with one attached hydrogen (secondary N) is 1. The number of carbonyl (C=O) groups excluding carboxylic acids is 2. The Kier molecular flexibility index (Phi) is 9.20. The molecule has 0 aromatic heterocycles. The maximum Gasteiger partial charge on any atom is 0.323 e. The summed E-state index contributed by atoms with van der Waals surface area (Å²) in [5, 5.41) is 12.3. The molecule has 0 bridgehead atoms. The molecule has 8 nitrogen and oxygen atoms in total. The van der Waals surface area contributed by atoms with Gasteiger partial charge in [0, 0.05) is 32.0 Å². The third-order valence-corrected chi connectivity index (χ3v) is 6.89. The number of aliphatic hydroxyl groups is 1. The number of rotatable bonds is 8. The summed E-state index contributed by atoms with van der Waals surface area (Å²) in [4.78, 5) is 26.3. The van der Waals surface area contributed by atoms with Crippen LogP contribution >= 0.6 is 0 Å². The summed E-state index contributed by atoms with van der Waals surface area (Å²) in [5.74, 6) is -0.248. The van der Waals surface area contributed by atoms with Crippen molar-refractivity contribution >= 4 is 11.9 Å². The van der Waals surface area contributed by atoms with E-state index in [1.807, 2.05) is 69.3 Å². The molecular formula is C30H40N2O6. The Labute approximate surface area is 225 Å². The molecule has 2 aliphatic heterocycles. The van der Waals surface area contributed by atoms with E-state index in [4.69, 9.17) is 14.2 Å². The highest BCUT2D eigenvalue weighted by atomic mass is 16.7. The van der Waals surface area contributed by atoms with Crippen LogP contribution in [0, 0.1) is 0 Å². The summed E-state index contributed by atoms with van der Waals surface area (Å²) in [7, 11) is 0. The van der Waals surface area contributed by atoms with Crippen molar-refractivity contribution in [2.24, 2.45) is 0 Å². The van der Waals surface area contributed by atoms with Gasteiger partial charge in [-0.05, 0) is 56.8 Å². The molecule has 4 atom stereocenters. The van der Waals surface area contributed by atoms with E-state index < -0.39 is 11.9 Å². The first-order chi connectivity index (χ1) is 18.1. The number of nitrogens with zero attached hydrogens (tertiary/aromatic N) is 1. The van der Waals surface area contributed by atoms with Crippen molar-refractivity contribution in [2.45, 2.75) is 90.2 Å². The number of esters is 1. The second kappa shape index (κ2) is 12.4. The van der Waals surface area contributed by atoms with Crippen LogP contribution in [0.3, 0.4) is 0 Å². The van der Waals surface area contributed by atoms with Gasteiger partial charge in [0.1, 0.15) is 11.6 Å². The first-order valence-electron chi connectivity index (χ1n) is 13.4. The largest absolute Gasteiger partial charge is 0.459 e. The van der Waals surface area contributed by atoms with Crippen LogP contribution in [0.25, 0.3) is 0 Å². The molecule has 0 spiro atoms. The van der Waals surface area contributed by atoms with Crippen LogP contribution in [0.5, 0.6) is 0 Å². The number of benzene rings is 2. The maximum atomic E-state index is 12.9. The molecule has 38 heavy (non-hydrogen) atoms. The number of ether oxygens (including phenoxy) is 3. The molecular weight excluding hydrogens is 484 g/mol. The van der Waals surface area contributed by atoms with Gasteiger partial charge in [0.15, 0.2) is 6.29 Å². The highest BCUT2D eigenvalue weighted by molar-refractivity contribution is 5.76. The average molecular weight is 525 g/mol. The normalized spacial score (nSPS) is 24.2. The number of amides is 1. The number of hydrogen-bond donors (Lipinski definition) is 2. The molecule has 0 aliphatic carbocycles. The lowest BCUT2D eigenvalue weighted by Gasteiger charge is -2.38. The molecule has 1 amide bonds. The van der Waals surface area contributed by atoms with Gasteiger partial charge in [0.05, 0.1) is 18.8 Å². The highest BCUT2D eigenvalue weighted by Gasteiger charge is 2.38. The van der Waals surface area contributed by atoms with Crippen molar-refractivity contribution in [2.75, 3.05) is 13.1 Å². The van der Waals surface area contributed by atoms with E-state index in [9.17, 15) is 14.7 Å². The molecule has 0 saturated carbocycles. The van der Waals surface area contributed by atoms with E-state index in [2.05, 4.69) is 10.2 Å². The third-order valence-electron chi connectivity index (χ3n) is 6.89. The zero-order chi connectivity index (χ0) is 27.3. The van der Waals surface area contributed by atoms with Crippen LogP contribution in [0.1, 0.15) is 81.6 Å². The SMILES string of the molecule is CC(=O)NCc1ccc(C2OC(CN3CCCC3C(=O)OC(C)(C)C)CC(c3ccc(CO)cc3)O2)cc1. The van der Waals surface area contributed by atoms with Gasteiger partial charge in [0.25, 0.3) is 0 Å². The van der Waals surface area contributed by atoms with Crippen LogP contribution in [-0.2, 0) is 37.0 Å². The fraction of sp³-hybridized carbons (Fsp3) is 0.533. The average Bonchev–Trinajstić information content (AvgIpc) is 3.35. The predicted molar refractivity (Wildman–Crippen MR) is 143 cm³/mol. The third kappa shape index (κ3) is 7.63. The Morgan fingerprint density at radius 3 is 2.32 bits per heavy atom. The Morgan fingerprint density at radius 1 is 1.03 bits per heavy atom. The van der Waals surface area contributed by atoms with Crippen LogP contribution in [0.2, 0.25) is 0 Å². The first kappa shape index (κ1) is 28.2. The van der Waals surface area contributed by atoms with E-state index >= 15 is 0 Å². The van der Waals surface area contributed by atoms with Crippen LogP contribution in [-0.4, -0.2) is 52.7 Å². The molecule has 2 N–H and O–H groups in total. The summed E-state index contributed by atoms with van der Waals surface area (Å²) in [6.45, 7) is 9.06. The summed E-state index contributed by atoms with van der Waals surface area (Å²) >= 11 is 0. The second-order valence-electron chi connectivity index (χ2n) is 11.2. The Balaban J connectivity index is 1.51. The lowest BCUT2D eigenvalue weighted by Crippen LogP contribution is -2.45. The molecule has 4 rings (SSSR count). The maximum absolute atomic E-state index is 12.9. The van der Waals surface area contributed by atoms with E-state index in [0.29, 0.717) is 19.5 Å². The monoisotopic (exact) mass is 524 g/mol. The molecule has 2 aromatic carbocycles. The van der Waals surface area contributed by atoms with E-state index in [0.717, 1.165) is 41.6 Å². The van der Waals surface area contributed by atoms with Crippen LogP contribution in [0.4, 0.5) is 0 Å². The van der Waals surface area contributed by atoms with Gasteiger partial charge in [-0.25, -0.2) is 0 Å². The molecule has 2 heterocycles. The number of hydrogen-bond acceptors (Lipinski definition) is 7. The summed E-state index contributed by atoms with van der Waals surface area (Å²) in [6, 6.07) is 15.4. The smallest absolute Gasteiger partial charge is 0.323 e. The van der Waals surface area contributed by atoms with Gasteiger partial charge in [-0.15, -0.1) is 0 Å². The fourth-order valence-corrected chi connectivity index (χ4v) is 5.00. The fourth-order valence-electron chi connectivity index (χ4n) is 5.00. The molecule has 2 aliphatic rings. The van der Waals surface area contributed by atoms with Crippen molar-refractivity contribution in [3.05, 3.63) is 70.8 Å². The van der Waals surface area contributed by atoms with Gasteiger partial charge in [-0.1, -0.05) is 48.5 Å². The standard InChI is InChI=1S/C30H40N2O6/c1-20(34)31-17-21-7-13-24(14-8-21)29-36-25(16-27(37-29)23-11-9-22(19-33)10-12-23)18-32-15-5-6-26(32)28(35)38-30(2,3)4/h7-14,25-27,29,33H,5-6,15-19H2,1-4H3,(H,31,34). The van der Waals surface area contributed by atoms with Crippen LogP contribution in [0.15, 0.2) is 48.5 Å². The van der Waals surface area contributed by atoms with E-state index in [1.54, 1.807) is 0 Å². The molecule has 8 heteroatoms. The number of likely N-dealkylation sites (tertiary alicyclic amines) is 1. The molecule has 2 aromatic rings. The number of carbonyl (C=O) groups is 2. The minimum atomic E-state index is -0.575. The van der Waals surface area contributed by atoms with E-state index in [-0.39, 0.29) is 36.7 Å². The van der Waals surface area contributed by atoms with Crippen LogP contribution < -0.4 is 5.32 Å². The van der Waals surface area contributed by atoms with Gasteiger partial charge in [-0.2, -0.15) is 0 Å². The van der Waals surface area contributed by atoms with Crippen molar-refractivity contribution in [3.8, 4) is 0 Å². The number of aliphatic hydroxyl groups excluding tert-OH is 1. The second-order valence-corrected chi connectivity index (χ2v) is 11.2. The summed E-state index contributed by atoms with van der Waals surface area (Å²) < 4.78 is 18.6. The quantitative estimate of drug-likeness (QED) is 0.501. The topological polar surface area (TPSA) is 97.3 Å². The highest BCUT2D eigenvalue weighted by Crippen LogP contribution is 2.39. The lowest BCUT2D eigenvalue weighted by atomic mass is 9.99. The van der Waals surface area contributed by atoms with E-state index in [1.165, 1.54) is 6.92 Å². The minimum absolute atomic E-state index is 0.00792. The molecule has 0 radical (unpaired) electrons. The Morgan fingerprint density at radius 2 is 1.68 bits per heavy atom. The summed E-state index contributed by atoms with van der Waals surface area (Å²) in [5.41, 5.74) is 3.23. The van der Waals surface area contributed by atoms with Crippen molar-refractivity contribution < 1.29 is 28.9 Å². The predicted octanol–water partition coefficient (Wildman–Crippen LogP) is 4.17. The van der Waals surface area contributed by atoms with Gasteiger partial charge in [0.2, 0.25) is 5.91 Å². The Hall–Kier alpha value is -2.78. The van der Waals surface area contributed by atoms with Gasteiger partial charge >= 0.3 is 5.97 Å². The zero-order valence-corrected chi connectivity index (χ0v) is 22.8. The zero-order valence-electron chi connectivity index (χ0n) is 22.8. The van der Waals surface area contributed by atoms with Crippen molar-refractivity contribution in [3.63, 3.8) is 0 Å². The summed E-state index contributed by atoms with van der Waals surface area (Å²) in [6.07, 6.45) is 1.44. The molecule has 2 saturated heterocycles. The van der Waals surface area contributed by atoms with Crippen molar-refractivity contribution in [1.29, 1.82) is 0 Å². The minimum Gasteiger partial charge on any atom is -0.459 e. The lowest BCUT2D eigenvalue weighted by molar-refractivity contribution is -0.253. The molecule has 2 fully saturated rings. The van der Waals surface area contributed by atoms with Crippen molar-refractivity contribution in [1.82, 2.24) is 10.2 Å². The van der Waals surface area contributed by atoms with Gasteiger partial charge in [-0.3, -0.25) is 14.5 Å². The molecule has 206 valence electrons. The molecule has 4 unspecified atom stereocenters. The Bertz CT molecular complexity index is 1080.